The smallest absolute Gasteiger partial charge is 0.323 e. The van der Waals surface area contributed by atoms with Crippen molar-refractivity contribution in [2.24, 2.45) is 0 Å². The van der Waals surface area contributed by atoms with Gasteiger partial charge in [-0.05, 0) is 23.8 Å². The largest absolute Gasteiger partial charge is 0.497 e. The molecule has 22 heavy (non-hydrogen) atoms. The van der Waals surface area contributed by atoms with E-state index in [0.29, 0.717) is 11.3 Å². The normalized spacial score (nSPS) is 10.0. The van der Waals surface area contributed by atoms with E-state index in [1.54, 1.807) is 24.3 Å². The molecule has 5 nitrogen and oxygen atoms in total. The molecule has 2 rings (SSSR count). The van der Waals surface area contributed by atoms with Gasteiger partial charge in [0.1, 0.15) is 12.3 Å². The van der Waals surface area contributed by atoms with Gasteiger partial charge in [-0.3, -0.25) is 9.59 Å². The number of carbonyl (C=O) groups excluding carboxylic acids is 1. The molecule has 0 aliphatic carbocycles. The van der Waals surface area contributed by atoms with Gasteiger partial charge in [0, 0.05) is 12.1 Å². The molecule has 0 aromatic heterocycles. The Morgan fingerprint density at radius 2 is 1.82 bits per heavy atom. The first-order chi connectivity index (χ1) is 10.6. The molecular weight excluding hydrogens is 282 g/mol. The molecular formula is C17H17NO4. The summed E-state index contributed by atoms with van der Waals surface area (Å²) in [5, 5.41) is 9.04. The fourth-order valence-corrected chi connectivity index (χ4v) is 2.11. The lowest BCUT2D eigenvalue weighted by Crippen LogP contribution is -2.35. The van der Waals surface area contributed by atoms with Crippen molar-refractivity contribution in [2.45, 2.75) is 6.54 Å². The highest BCUT2D eigenvalue weighted by Gasteiger charge is 2.19. The number of hydrogen-bond acceptors (Lipinski definition) is 3. The van der Waals surface area contributed by atoms with Gasteiger partial charge in [-0.2, -0.15) is 0 Å². The minimum absolute atomic E-state index is 0.239. The first-order valence-electron chi connectivity index (χ1n) is 6.79. The van der Waals surface area contributed by atoms with E-state index in [0.717, 1.165) is 5.56 Å². The van der Waals surface area contributed by atoms with Crippen LogP contribution in [0.4, 0.5) is 0 Å². The summed E-state index contributed by atoms with van der Waals surface area (Å²) < 4.78 is 5.10. The van der Waals surface area contributed by atoms with Crippen LogP contribution in [0, 0.1) is 0 Å². The van der Waals surface area contributed by atoms with Crippen LogP contribution < -0.4 is 4.74 Å². The molecule has 5 heteroatoms. The van der Waals surface area contributed by atoms with Crippen LogP contribution in [0.3, 0.4) is 0 Å². The van der Waals surface area contributed by atoms with Crippen molar-refractivity contribution in [1.29, 1.82) is 0 Å². The summed E-state index contributed by atoms with van der Waals surface area (Å²) in [7, 11) is 1.52. The highest BCUT2D eigenvalue weighted by Crippen LogP contribution is 2.16. The number of carbonyl (C=O) groups is 2. The number of carboxylic acid groups (broad SMARTS) is 1. The minimum atomic E-state index is -1.05. The van der Waals surface area contributed by atoms with E-state index in [1.165, 1.54) is 12.0 Å². The summed E-state index contributed by atoms with van der Waals surface area (Å²) in [6.07, 6.45) is 0. The maximum absolute atomic E-state index is 12.6. The summed E-state index contributed by atoms with van der Waals surface area (Å²) in [5.41, 5.74) is 1.27. The van der Waals surface area contributed by atoms with Gasteiger partial charge in [0.15, 0.2) is 0 Å². The van der Waals surface area contributed by atoms with Gasteiger partial charge in [0.25, 0.3) is 5.91 Å². The van der Waals surface area contributed by atoms with Crippen molar-refractivity contribution >= 4 is 11.9 Å². The van der Waals surface area contributed by atoms with Gasteiger partial charge < -0.3 is 14.7 Å². The van der Waals surface area contributed by atoms with Crippen molar-refractivity contribution in [3.63, 3.8) is 0 Å². The minimum Gasteiger partial charge on any atom is -0.497 e. The number of amides is 1. The van der Waals surface area contributed by atoms with E-state index < -0.39 is 5.97 Å². The summed E-state index contributed by atoms with van der Waals surface area (Å²) in [6, 6.07) is 16.0. The molecule has 0 bridgehead atoms. The van der Waals surface area contributed by atoms with Crippen LogP contribution in [-0.2, 0) is 11.3 Å². The van der Waals surface area contributed by atoms with Gasteiger partial charge in [-0.1, -0.05) is 36.4 Å². The van der Waals surface area contributed by atoms with Crippen LogP contribution in [0.15, 0.2) is 54.6 Å². The molecule has 0 saturated carbocycles. The zero-order valence-corrected chi connectivity index (χ0v) is 12.2. The highest BCUT2D eigenvalue weighted by atomic mass is 16.5. The van der Waals surface area contributed by atoms with Crippen LogP contribution in [-0.4, -0.2) is 35.5 Å². The van der Waals surface area contributed by atoms with Gasteiger partial charge in [-0.25, -0.2) is 0 Å². The number of benzene rings is 2. The third-order valence-corrected chi connectivity index (χ3v) is 3.15. The van der Waals surface area contributed by atoms with Crippen LogP contribution in [0.1, 0.15) is 15.9 Å². The molecule has 0 spiro atoms. The summed E-state index contributed by atoms with van der Waals surface area (Å²) >= 11 is 0. The molecule has 2 aromatic rings. The fourth-order valence-electron chi connectivity index (χ4n) is 2.11. The quantitative estimate of drug-likeness (QED) is 0.889. The molecule has 1 N–H and O–H groups in total. The number of hydrogen-bond donors (Lipinski definition) is 1. The fraction of sp³-hybridized carbons (Fsp3) is 0.176. The van der Waals surface area contributed by atoms with Gasteiger partial charge in [0.05, 0.1) is 7.11 Å². The number of rotatable bonds is 6. The average Bonchev–Trinajstić information content (AvgIpc) is 2.54. The third kappa shape index (κ3) is 4.09. The standard InChI is InChI=1S/C17H17NO4/c1-22-15-9-5-8-14(10-15)17(21)18(12-16(19)20)11-13-6-3-2-4-7-13/h2-10H,11-12H2,1H3,(H,19,20). The number of aliphatic carboxylic acids is 1. The van der Waals surface area contributed by atoms with Crippen LogP contribution in [0.2, 0.25) is 0 Å². The Balaban J connectivity index is 2.23. The van der Waals surface area contributed by atoms with Gasteiger partial charge in [-0.15, -0.1) is 0 Å². The van der Waals surface area contributed by atoms with Crippen LogP contribution in [0.25, 0.3) is 0 Å². The number of ether oxygens (including phenoxy) is 1. The third-order valence-electron chi connectivity index (χ3n) is 3.15. The summed E-state index contributed by atoms with van der Waals surface area (Å²) in [6.45, 7) is -0.117. The van der Waals surface area contributed by atoms with E-state index in [2.05, 4.69) is 0 Å². The van der Waals surface area contributed by atoms with Crippen molar-refractivity contribution in [3.8, 4) is 5.75 Å². The average molecular weight is 299 g/mol. The lowest BCUT2D eigenvalue weighted by Gasteiger charge is -2.21. The van der Waals surface area contributed by atoms with Crippen molar-refractivity contribution < 1.29 is 19.4 Å². The number of carboxylic acids is 1. The van der Waals surface area contributed by atoms with Crippen LogP contribution >= 0.6 is 0 Å². The lowest BCUT2D eigenvalue weighted by atomic mass is 10.1. The van der Waals surface area contributed by atoms with Gasteiger partial charge in [0.2, 0.25) is 0 Å². The molecule has 114 valence electrons. The molecule has 0 heterocycles. The molecule has 0 radical (unpaired) electrons. The Hall–Kier alpha value is -2.82. The summed E-state index contributed by atoms with van der Waals surface area (Å²) in [5.74, 6) is -0.835. The Morgan fingerprint density at radius 3 is 2.45 bits per heavy atom. The Kier molecular flexibility index (Phi) is 5.14. The maximum atomic E-state index is 12.6. The zero-order chi connectivity index (χ0) is 15.9. The molecule has 0 aliphatic heterocycles. The van der Waals surface area contributed by atoms with E-state index in [-0.39, 0.29) is 19.0 Å². The summed E-state index contributed by atoms with van der Waals surface area (Å²) in [4.78, 5) is 24.9. The first-order valence-corrected chi connectivity index (χ1v) is 6.79. The van der Waals surface area contributed by atoms with Crippen molar-refractivity contribution in [2.75, 3.05) is 13.7 Å². The lowest BCUT2D eigenvalue weighted by molar-refractivity contribution is -0.137. The molecule has 0 fully saturated rings. The Labute approximate surface area is 128 Å². The van der Waals surface area contributed by atoms with Gasteiger partial charge >= 0.3 is 5.97 Å². The van der Waals surface area contributed by atoms with Crippen molar-refractivity contribution in [1.82, 2.24) is 4.90 Å². The Bertz CT molecular complexity index is 655. The maximum Gasteiger partial charge on any atom is 0.323 e. The predicted molar refractivity (Wildman–Crippen MR) is 81.8 cm³/mol. The molecule has 1 amide bonds. The molecule has 2 aromatic carbocycles. The Morgan fingerprint density at radius 1 is 1.09 bits per heavy atom. The second-order valence-corrected chi connectivity index (χ2v) is 4.77. The van der Waals surface area contributed by atoms with E-state index in [4.69, 9.17) is 9.84 Å². The van der Waals surface area contributed by atoms with E-state index in [9.17, 15) is 9.59 Å². The molecule has 0 atom stereocenters. The molecule has 0 saturated heterocycles. The number of methoxy groups -OCH3 is 1. The molecule has 0 aliphatic rings. The first kappa shape index (κ1) is 15.6. The highest BCUT2D eigenvalue weighted by molar-refractivity contribution is 5.96. The van der Waals surface area contributed by atoms with E-state index >= 15 is 0 Å². The monoisotopic (exact) mass is 299 g/mol. The molecule has 0 unspecified atom stereocenters. The zero-order valence-electron chi connectivity index (χ0n) is 12.2. The SMILES string of the molecule is COc1cccc(C(=O)N(CC(=O)O)Cc2ccccc2)c1. The van der Waals surface area contributed by atoms with E-state index in [1.807, 2.05) is 30.3 Å². The second-order valence-electron chi connectivity index (χ2n) is 4.77. The predicted octanol–water partition coefficient (Wildman–Crippen LogP) is 2.42. The number of nitrogens with zero attached hydrogens (tertiary/aromatic N) is 1. The topological polar surface area (TPSA) is 66.8 Å². The van der Waals surface area contributed by atoms with Crippen molar-refractivity contribution in [3.05, 3.63) is 65.7 Å². The second kappa shape index (κ2) is 7.26. The van der Waals surface area contributed by atoms with Crippen LogP contribution in [0.5, 0.6) is 5.75 Å².